The lowest BCUT2D eigenvalue weighted by Gasteiger charge is -2.33. The maximum absolute atomic E-state index is 13.0. The van der Waals surface area contributed by atoms with Gasteiger partial charge in [-0.2, -0.15) is 10.4 Å². The van der Waals surface area contributed by atoms with E-state index in [2.05, 4.69) is 66.4 Å². The maximum Gasteiger partial charge on any atom is 0.227 e. The number of halogens is 2. The quantitative estimate of drug-likeness (QED) is 0.172. The van der Waals surface area contributed by atoms with E-state index in [9.17, 15) is 14.9 Å². The van der Waals surface area contributed by atoms with Crippen LogP contribution in [0.1, 0.15) is 106 Å². The highest BCUT2D eigenvalue weighted by atomic mass is 35.5. The van der Waals surface area contributed by atoms with Crippen molar-refractivity contribution in [1.82, 2.24) is 9.78 Å². The highest BCUT2D eigenvalue weighted by molar-refractivity contribution is 6.38. The number of nitrogens with one attached hydrogen (secondary N) is 2. The van der Waals surface area contributed by atoms with Crippen LogP contribution in [0.5, 0.6) is 0 Å². The lowest BCUT2D eigenvalue weighted by molar-refractivity contribution is -0.120. The molecule has 48 heavy (non-hydrogen) atoms. The van der Waals surface area contributed by atoms with Crippen LogP contribution >= 0.6 is 23.2 Å². The van der Waals surface area contributed by atoms with Gasteiger partial charge in [0.2, 0.25) is 11.8 Å². The summed E-state index contributed by atoms with van der Waals surface area (Å²) in [5.41, 5.74) is 2.67. The van der Waals surface area contributed by atoms with E-state index in [-0.39, 0.29) is 56.9 Å². The van der Waals surface area contributed by atoms with E-state index in [1.165, 1.54) is 11.6 Å². The molecule has 0 bridgehead atoms. The van der Waals surface area contributed by atoms with Gasteiger partial charge in [0.05, 0.1) is 21.4 Å². The molecule has 0 fully saturated rings. The second-order valence-corrected chi connectivity index (χ2v) is 14.3. The second-order valence-electron chi connectivity index (χ2n) is 13.5. The van der Waals surface area contributed by atoms with Crippen molar-refractivity contribution < 1.29 is 9.59 Å². The minimum atomic E-state index is -0.540. The Hall–Kier alpha value is -3.94. The predicted octanol–water partition coefficient (Wildman–Crippen LogP) is 10.5. The van der Waals surface area contributed by atoms with E-state index in [0.29, 0.717) is 22.8 Å². The summed E-state index contributed by atoms with van der Waals surface area (Å²) in [5, 5.41) is 30.4. The number of nitrogens with zero attached hydrogens (tertiary/aromatic N) is 6. The molecule has 3 aromatic rings. The fraction of sp³-hybridized carbons (Fsp3) is 0.500. The van der Waals surface area contributed by atoms with Crippen molar-refractivity contribution in [2.24, 2.45) is 16.1 Å². The third-order valence-corrected chi connectivity index (χ3v) is 8.48. The molecule has 12 heteroatoms. The number of azo groups is 1. The normalized spacial score (nSPS) is 12.4. The van der Waals surface area contributed by atoms with E-state index in [1.807, 2.05) is 39.8 Å². The van der Waals surface area contributed by atoms with E-state index in [0.717, 1.165) is 31.4 Å². The predicted molar refractivity (Wildman–Crippen MR) is 197 cm³/mol. The monoisotopic (exact) mass is 694 g/mol. The molecule has 0 aliphatic heterocycles. The largest absolute Gasteiger partial charge is 0.367 e. The van der Waals surface area contributed by atoms with Gasteiger partial charge in [0.1, 0.15) is 23.0 Å². The number of rotatable bonds is 13. The van der Waals surface area contributed by atoms with Crippen LogP contribution in [-0.2, 0) is 15.0 Å². The molecule has 0 aliphatic rings. The molecule has 1 heterocycles. The number of unbranched alkanes of at least 4 members (excludes halogenated alkanes) is 1. The summed E-state index contributed by atoms with van der Waals surface area (Å²) in [4.78, 5) is 27.4. The molecule has 0 radical (unpaired) electrons. The van der Waals surface area contributed by atoms with Crippen molar-refractivity contribution in [1.29, 1.82) is 5.26 Å². The summed E-state index contributed by atoms with van der Waals surface area (Å²) < 4.78 is 1.42. The van der Waals surface area contributed by atoms with Crippen LogP contribution in [0.15, 0.2) is 40.6 Å². The topological polar surface area (TPSA) is 128 Å². The van der Waals surface area contributed by atoms with Crippen molar-refractivity contribution >= 4 is 63.6 Å². The molecule has 0 saturated carbocycles. The Morgan fingerprint density at radius 1 is 1.02 bits per heavy atom. The first-order chi connectivity index (χ1) is 22.5. The summed E-state index contributed by atoms with van der Waals surface area (Å²) in [7, 11) is 0. The van der Waals surface area contributed by atoms with Crippen molar-refractivity contribution in [3.05, 3.63) is 51.6 Å². The first-order valence-corrected chi connectivity index (χ1v) is 17.2. The van der Waals surface area contributed by atoms with Gasteiger partial charge >= 0.3 is 0 Å². The molecule has 1 atom stereocenters. The van der Waals surface area contributed by atoms with Crippen LogP contribution in [-0.4, -0.2) is 33.7 Å². The van der Waals surface area contributed by atoms with E-state index in [4.69, 9.17) is 28.3 Å². The van der Waals surface area contributed by atoms with Gasteiger partial charge in [-0.3, -0.25) is 9.59 Å². The highest BCUT2D eigenvalue weighted by Gasteiger charge is 2.30. The number of aromatic nitrogens is 2. The Kier molecular flexibility index (Phi) is 13.2. The van der Waals surface area contributed by atoms with E-state index < -0.39 is 5.41 Å². The van der Waals surface area contributed by atoms with Gasteiger partial charge in [-0.05, 0) is 70.9 Å². The standard InChI is InChI=1S/C36H48Cl2N8O2/c1-11-13-14-24(12-2)35(48)41-25-17-28(37)32(29(38)18-25)46-34(27(20-39)33(44-46)36(8,9)10)43-42-30-16-15-26(19-31(30)40-23(7)47)45(21(3)4)22(5)6/h15-19,21-22,24H,11-14H2,1-10H3,(H,40,47)(H,41,48). The van der Waals surface area contributed by atoms with Crippen LogP contribution in [0, 0.1) is 17.2 Å². The zero-order valence-electron chi connectivity index (χ0n) is 29.7. The van der Waals surface area contributed by atoms with Crippen molar-refractivity contribution in [3.8, 4) is 11.8 Å². The molecular formula is C36H48Cl2N8O2. The van der Waals surface area contributed by atoms with Gasteiger partial charge in [-0.25, -0.2) is 4.68 Å². The number of anilines is 3. The molecule has 0 spiro atoms. The van der Waals surface area contributed by atoms with Crippen molar-refractivity contribution in [3.63, 3.8) is 0 Å². The third kappa shape index (κ3) is 9.14. The van der Waals surface area contributed by atoms with Crippen LogP contribution < -0.4 is 15.5 Å². The molecule has 1 aromatic heterocycles. The van der Waals surface area contributed by atoms with Gasteiger partial charge in [-0.1, -0.05) is 70.7 Å². The molecule has 0 saturated heterocycles. The van der Waals surface area contributed by atoms with E-state index >= 15 is 0 Å². The first-order valence-electron chi connectivity index (χ1n) is 16.5. The number of carbonyl (C=O) groups is 2. The molecule has 2 aromatic carbocycles. The molecule has 2 N–H and O–H groups in total. The zero-order valence-corrected chi connectivity index (χ0v) is 31.2. The lowest BCUT2D eigenvalue weighted by atomic mass is 9.90. The Morgan fingerprint density at radius 3 is 2.15 bits per heavy atom. The Balaban J connectivity index is 2.17. The van der Waals surface area contributed by atoms with Crippen molar-refractivity contribution in [2.45, 2.75) is 112 Å². The molecule has 2 amide bonds. The van der Waals surface area contributed by atoms with Crippen LogP contribution in [0.4, 0.5) is 28.6 Å². The smallest absolute Gasteiger partial charge is 0.227 e. The minimum absolute atomic E-state index is 0.0906. The molecule has 1 unspecified atom stereocenters. The van der Waals surface area contributed by atoms with Crippen LogP contribution in [0.25, 0.3) is 5.69 Å². The summed E-state index contributed by atoms with van der Waals surface area (Å²) in [6.07, 6.45) is 3.49. The maximum atomic E-state index is 13.0. The number of amides is 2. The number of nitriles is 1. The fourth-order valence-electron chi connectivity index (χ4n) is 5.70. The molecule has 0 aliphatic carbocycles. The highest BCUT2D eigenvalue weighted by Crippen LogP contribution is 2.40. The first kappa shape index (κ1) is 38.5. The van der Waals surface area contributed by atoms with Crippen molar-refractivity contribution in [2.75, 3.05) is 15.5 Å². The number of hydrogen-bond acceptors (Lipinski definition) is 7. The lowest BCUT2D eigenvalue weighted by Crippen LogP contribution is -2.36. The summed E-state index contributed by atoms with van der Waals surface area (Å²) in [6, 6.07) is 11.5. The second kappa shape index (κ2) is 16.4. The van der Waals surface area contributed by atoms with Crippen LogP contribution in [0.3, 0.4) is 0 Å². The fourth-order valence-corrected chi connectivity index (χ4v) is 6.34. The Labute approximate surface area is 294 Å². The average Bonchev–Trinajstić information content (AvgIpc) is 3.34. The third-order valence-electron chi connectivity index (χ3n) is 7.90. The average molecular weight is 696 g/mol. The number of carbonyl (C=O) groups excluding carboxylic acids is 2. The van der Waals surface area contributed by atoms with E-state index in [1.54, 1.807) is 18.2 Å². The Bertz CT molecular complexity index is 1670. The minimum Gasteiger partial charge on any atom is -0.367 e. The SMILES string of the molecule is CCCCC(CC)C(=O)Nc1cc(Cl)c(-n2nc(C(C)(C)C)c(C#N)c2N=Nc2ccc(N(C(C)C)C(C)C)cc2NC(C)=O)c(Cl)c1. The molecule has 258 valence electrons. The summed E-state index contributed by atoms with van der Waals surface area (Å²) in [5.74, 6) is -0.351. The zero-order chi connectivity index (χ0) is 35.9. The summed E-state index contributed by atoms with van der Waals surface area (Å²) in [6.45, 7) is 19.8. The number of benzene rings is 2. The van der Waals surface area contributed by atoms with Crippen LogP contribution in [0.2, 0.25) is 10.0 Å². The van der Waals surface area contributed by atoms with Gasteiger partial charge in [0.15, 0.2) is 5.82 Å². The number of hydrogen-bond donors (Lipinski definition) is 2. The van der Waals surface area contributed by atoms with Gasteiger partial charge in [-0.15, -0.1) is 10.2 Å². The molecular weight excluding hydrogens is 647 g/mol. The molecule has 10 nitrogen and oxygen atoms in total. The summed E-state index contributed by atoms with van der Waals surface area (Å²) >= 11 is 13.7. The molecule has 3 rings (SSSR count). The van der Waals surface area contributed by atoms with Gasteiger partial charge in [0.25, 0.3) is 0 Å². The van der Waals surface area contributed by atoms with Gasteiger partial charge < -0.3 is 15.5 Å². The Morgan fingerprint density at radius 2 is 1.65 bits per heavy atom. The van der Waals surface area contributed by atoms with Gasteiger partial charge in [0, 0.05) is 41.7 Å².